The number of hydrogen-bond acceptors (Lipinski definition) is 3. The molecule has 4 nitrogen and oxygen atoms in total. The smallest absolute Gasteiger partial charge is 0.317 e. The molecule has 2 aliphatic heterocycles. The highest BCUT2D eigenvalue weighted by atomic mass is 19.4. The topological polar surface area (TPSA) is 44.4 Å². The van der Waals surface area contributed by atoms with Gasteiger partial charge in [0.15, 0.2) is 0 Å². The Morgan fingerprint density at radius 3 is 2.72 bits per heavy atom. The molecule has 0 radical (unpaired) electrons. The van der Waals surface area contributed by atoms with Gasteiger partial charge in [-0.15, -0.1) is 0 Å². The highest BCUT2D eigenvalue weighted by Crippen LogP contribution is 2.43. The van der Waals surface area contributed by atoms with Gasteiger partial charge in [0.2, 0.25) is 0 Å². The average Bonchev–Trinajstić information content (AvgIpc) is 3.46. The largest absolute Gasteiger partial charge is 0.416 e. The predicted octanol–water partition coefficient (Wildman–Crippen LogP) is 4.35. The third kappa shape index (κ3) is 4.41. The second-order valence-corrected chi connectivity index (χ2v) is 9.22. The van der Waals surface area contributed by atoms with Crippen LogP contribution in [0.4, 0.5) is 18.9 Å². The average molecular weight is 444 g/mol. The van der Waals surface area contributed by atoms with E-state index in [0.717, 1.165) is 61.8 Å². The molecule has 0 aromatic heterocycles. The van der Waals surface area contributed by atoms with Crippen LogP contribution in [0.2, 0.25) is 0 Å². The molecule has 170 valence electrons. The van der Waals surface area contributed by atoms with Gasteiger partial charge in [-0.2, -0.15) is 13.2 Å². The number of carbonyl (C=O) groups is 1. The molecule has 1 saturated carbocycles. The van der Waals surface area contributed by atoms with Crippen molar-refractivity contribution in [1.82, 2.24) is 10.6 Å². The molecule has 2 fully saturated rings. The number of halogens is 3. The van der Waals surface area contributed by atoms with E-state index in [0.29, 0.717) is 18.5 Å². The first-order chi connectivity index (χ1) is 15.4. The van der Waals surface area contributed by atoms with Crippen molar-refractivity contribution in [2.24, 2.45) is 5.92 Å². The van der Waals surface area contributed by atoms with E-state index in [1.54, 1.807) is 4.90 Å². The van der Waals surface area contributed by atoms with Crippen LogP contribution in [0.3, 0.4) is 0 Å². The van der Waals surface area contributed by atoms with E-state index >= 15 is 0 Å². The Bertz CT molecular complexity index is 1000. The first-order valence-electron chi connectivity index (χ1n) is 11.5. The van der Waals surface area contributed by atoms with Crippen molar-refractivity contribution in [2.45, 2.75) is 43.8 Å². The van der Waals surface area contributed by atoms with Gasteiger partial charge >= 0.3 is 6.18 Å². The Labute approximate surface area is 186 Å². The van der Waals surface area contributed by atoms with Gasteiger partial charge in [0.1, 0.15) is 0 Å². The van der Waals surface area contributed by atoms with Gasteiger partial charge in [0.25, 0.3) is 5.91 Å². The number of anilines is 1. The molecular weight excluding hydrogens is 415 g/mol. The summed E-state index contributed by atoms with van der Waals surface area (Å²) in [5.41, 5.74) is 2.48. The molecule has 2 atom stereocenters. The summed E-state index contributed by atoms with van der Waals surface area (Å²) in [5, 5.41) is 7.13. The second-order valence-electron chi connectivity index (χ2n) is 9.22. The van der Waals surface area contributed by atoms with E-state index in [2.05, 4.69) is 22.8 Å². The number of hydrogen-bond donors (Lipinski definition) is 2. The summed E-state index contributed by atoms with van der Waals surface area (Å²) in [7, 11) is 0. The van der Waals surface area contributed by atoms with Crippen molar-refractivity contribution in [3.8, 4) is 0 Å². The predicted molar refractivity (Wildman–Crippen MR) is 118 cm³/mol. The van der Waals surface area contributed by atoms with Crippen molar-refractivity contribution in [3.63, 3.8) is 0 Å². The van der Waals surface area contributed by atoms with E-state index in [9.17, 15) is 18.0 Å². The number of fused-ring (bicyclic) bond motifs is 1. The number of piperidine rings is 1. The van der Waals surface area contributed by atoms with Crippen LogP contribution < -0.4 is 15.5 Å². The fourth-order valence-electron chi connectivity index (χ4n) is 5.04. The third-order valence-electron chi connectivity index (χ3n) is 7.03. The van der Waals surface area contributed by atoms with Crippen molar-refractivity contribution in [2.75, 3.05) is 31.1 Å². The Hall–Kier alpha value is -2.38. The fourth-order valence-corrected chi connectivity index (χ4v) is 5.04. The minimum atomic E-state index is -4.46. The SMILES string of the molecule is O=C(c1cccc(C(F)(F)F)c1)N1CCc2cc([C@@H]3C[C@H]3NCC3CCNCC3)ccc21. The number of rotatable bonds is 5. The fraction of sp³-hybridized carbons (Fsp3) is 0.480. The molecule has 2 aromatic carbocycles. The quantitative estimate of drug-likeness (QED) is 0.722. The molecule has 2 aromatic rings. The zero-order valence-electron chi connectivity index (χ0n) is 17.9. The van der Waals surface area contributed by atoms with Crippen molar-refractivity contribution >= 4 is 11.6 Å². The van der Waals surface area contributed by atoms with E-state index in [4.69, 9.17) is 0 Å². The van der Waals surface area contributed by atoms with E-state index in [-0.39, 0.29) is 11.5 Å². The van der Waals surface area contributed by atoms with Gasteiger partial charge in [0.05, 0.1) is 5.56 Å². The normalized spacial score (nSPS) is 23.3. The minimum Gasteiger partial charge on any atom is -0.317 e. The Morgan fingerprint density at radius 2 is 1.94 bits per heavy atom. The van der Waals surface area contributed by atoms with Crippen LogP contribution in [-0.2, 0) is 12.6 Å². The molecule has 1 amide bonds. The minimum absolute atomic E-state index is 0.0705. The lowest BCUT2D eigenvalue weighted by Crippen LogP contribution is -2.34. The van der Waals surface area contributed by atoms with Crippen LogP contribution in [0.1, 0.15) is 52.2 Å². The summed E-state index contributed by atoms with van der Waals surface area (Å²) in [6.45, 7) is 3.80. The Balaban J connectivity index is 1.24. The van der Waals surface area contributed by atoms with Gasteiger partial charge < -0.3 is 15.5 Å². The molecule has 2 N–H and O–H groups in total. The Morgan fingerprint density at radius 1 is 1.12 bits per heavy atom. The standard InChI is InChI=1S/C25H28F3N3O/c26-25(27,28)20-3-1-2-19(13-20)24(32)31-11-8-18-12-17(4-5-23(18)31)21-14-22(21)30-15-16-6-9-29-10-7-16/h1-5,12-13,16,21-22,29-30H,6-11,14-15H2/t21-,22+/m0/s1. The maximum absolute atomic E-state index is 13.0. The molecule has 3 aliphatic rings. The van der Waals surface area contributed by atoms with Crippen LogP contribution in [0.25, 0.3) is 0 Å². The van der Waals surface area contributed by atoms with Crippen molar-refractivity contribution in [1.29, 1.82) is 0 Å². The molecule has 1 aliphatic carbocycles. The molecule has 0 bridgehead atoms. The number of nitrogens with zero attached hydrogens (tertiary/aromatic N) is 1. The summed E-state index contributed by atoms with van der Waals surface area (Å²) in [4.78, 5) is 14.6. The second kappa shape index (κ2) is 8.52. The molecule has 32 heavy (non-hydrogen) atoms. The van der Waals surface area contributed by atoms with Crippen molar-refractivity contribution < 1.29 is 18.0 Å². The number of alkyl halides is 3. The maximum atomic E-state index is 13.0. The lowest BCUT2D eigenvalue weighted by atomic mass is 9.98. The maximum Gasteiger partial charge on any atom is 0.416 e. The third-order valence-corrected chi connectivity index (χ3v) is 7.03. The van der Waals surface area contributed by atoms with Gasteiger partial charge in [-0.1, -0.05) is 18.2 Å². The summed E-state index contributed by atoms with van der Waals surface area (Å²) >= 11 is 0. The van der Waals surface area contributed by atoms with Crippen LogP contribution >= 0.6 is 0 Å². The summed E-state index contributed by atoms with van der Waals surface area (Å²) in [6.07, 6.45) is -0.126. The first-order valence-corrected chi connectivity index (χ1v) is 11.5. The molecule has 5 rings (SSSR count). The zero-order valence-corrected chi connectivity index (χ0v) is 17.9. The van der Waals surface area contributed by atoms with E-state index in [1.165, 1.54) is 30.5 Å². The number of nitrogens with one attached hydrogen (secondary N) is 2. The molecule has 1 saturated heterocycles. The number of carbonyl (C=O) groups excluding carboxylic acids is 1. The highest BCUT2D eigenvalue weighted by molar-refractivity contribution is 6.07. The number of benzene rings is 2. The van der Waals surface area contributed by atoms with Crippen LogP contribution in [0.15, 0.2) is 42.5 Å². The Kier molecular flexibility index (Phi) is 5.72. The van der Waals surface area contributed by atoms with Gasteiger partial charge in [-0.05, 0) is 86.6 Å². The van der Waals surface area contributed by atoms with E-state index in [1.807, 2.05) is 6.07 Å². The molecule has 7 heteroatoms. The number of amides is 1. The lowest BCUT2D eigenvalue weighted by Gasteiger charge is -2.23. The van der Waals surface area contributed by atoms with Crippen molar-refractivity contribution in [3.05, 3.63) is 64.7 Å². The summed E-state index contributed by atoms with van der Waals surface area (Å²) in [6, 6.07) is 11.4. The molecule has 2 heterocycles. The first kappa shape index (κ1) is 21.5. The highest BCUT2D eigenvalue weighted by Gasteiger charge is 2.39. The van der Waals surface area contributed by atoms with Gasteiger partial charge in [0, 0.05) is 29.8 Å². The zero-order chi connectivity index (χ0) is 22.3. The van der Waals surface area contributed by atoms with Crippen LogP contribution in [0.5, 0.6) is 0 Å². The van der Waals surface area contributed by atoms with Crippen LogP contribution in [-0.4, -0.2) is 38.1 Å². The summed E-state index contributed by atoms with van der Waals surface area (Å²) in [5.74, 6) is 0.888. The summed E-state index contributed by atoms with van der Waals surface area (Å²) < 4.78 is 39.1. The molecular formula is C25H28F3N3O. The van der Waals surface area contributed by atoms with Gasteiger partial charge in [-0.25, -0.2) is 0 Å². The van der Waals surface area contributed by atoms with Gasteiger partial charge in [-0.3, -0.25) is 4.79 Å². The van der Waals surface area contributed by atoms with Crippen LogP contribution in [0, 0.1) is 5.92 Å². The van der Waals surface area contributed by atoms with E-state index < -0.39 is 11.7 Å². The molecule has 0 spiro atoms. The lowest BCUT2D eigenvalue weighted by molar-refractivity contribution is -0.137. The molecule has 0 unspecified atom stereocenters. The monoisotopic (exact) mass is 443 g/mol.